The third-order valence-corrected chi connectivity index (χ3v) is 6.18. The van der Waals surface area contributed by atoms with Crippen LogP contribution in [0.2, 0.25) is 0 Å². The van der Waals surface area contributed by atoms with Gasteiger partial charge in [-0.05, 0) is 44.0 Å². The van der Waals surface area contributed by atoms with Crippen molar-refractivity contribution in [3.8, 4) is 22.4 Å². The highest BCUT2D eigenvalue weighted by molar-refractivity contribution is 9.12. The molecule has 7 heteroatoms. The van der Waals surface area contributed by atoms with Gasteiger partial charge in [-0.3, -0.25) is 4.68 Å². The first kappa shape index (κ1) is 15.3. The zero-order valence-electron chi connectivity index (χ0n) is 10.9. The van der Waals surface area contributed by atoms with E-state index in [0.717, 1.165) is 34.4 Å². The number of benzene rings is 1. The predicted octanol–water partition coefficient (Wildman–Crippen LogP) is 5.69. The Morgan fingerprint density at radius 2 is 1.86 bits per heavy atom. The van der Waals surface area contributed by atoms with Crippen LogP contribution >= 0.6 is 59.1 Å². The minimum atomic E-state index is 0.645. The van der Waals surface area contributed by atoms with Crippen LogP contribution in [0, 0.1) is 0 Å². The Morgan fingerprint density at radius 3 is 2.48 bits per heavy atom. The van der Waals surface area contributed by atoms with Crippen LogP contribution in [0.25, 0.3) is 22.4 Å². The first-order valence-electron chi connectivity index (χ1n) is 6.01. The van der Waals surface area contributed by atoms with Crippen LogP contribution in [0.15, 0.2) is 42.4 Å². The number of rotatable bonds is 2. The van der Waals surface area contributed by atoms with Gasteiger partial charge in [-0.1, -0.05) is 34.1 Å². The smallest absolute Gasteiger partial charge is 0.129 e. The lowest BCUT2D eigenvalue weighted by atomic mass is 10.0. The molecule has 0 saturated carbocycles. The van der Waals surface area contributed by atoms with Crippen molar-refractivity contribution in [2.45, 2.75) is 0 Å². The van der Waals surface area contributed by atoms with Crippen molar-refractivity contribution in [2.24, 2.45) is 7.05 Å². The predicted molar refractivity (Wildman–Crippen MR) is 99.5 cm³/mol. The first-order chi connectivity index (χ1) is 9.99. The maximum absolute atomic E-state index is 6.25. The highest BCUT2D eigenvalue weighted by Crippen LogP contribution is 2.45. The van der Waals surface area contributed by atoms with E-state index in [1.165, 1.54) is 0 Å². The lowest BCUT2D eigenvalue weighted by Crippen LogP contribution is -1.98. The second-order valence-electron chi connectivity index (χ2n) is 4.45. The molecule has 0 saturated heterocycles. The van der Waals surface area contributed by atoms with E-state index in [2.05, 4.69) is 59.0 Å². The van der Waals surface area contributed by atoms with E-state index < -0.39 is 0 Å². The summed E-state index contributed by atoms with van der Waals surface area (Å²) in [5.74, 6) is 0.645. The van der Waals surface area contributed by atoms with Crippen molar-refractivity contribution in [2.75, 3.05) is 5.73 Å². The van der Waals surface area contributed by atoms with Gasteiger partial charge in [-0.15, -0.1) is 11.3 Å². The number of nitrogen functional groups attached to an aromatic ring is 1. The fraction of sp³-hybridized carbons (Fsp3) is 0.0714. The number of halogens is 3. The van der Waals surface area contributed by atoms with Gasteiger partial charge in [0.15, 0.2) is 0 Å². The first-order valence-corrected chi connectivity index (χ1v) is 9.21. The molecular formula is C14H10Br3N3S. The average Bonchev–Trinajstić information content (AvgIpc) is 2.91. The van der Waals surface area contributed by atoms with E-state index in [4.69, 9.17) is 5.73 Å². The molecule has 3 nitrogen and oxygen atoms in total. The number of hydrogen-bond acceptors (Lipinski definition) is 3. The SMILES string of the molecule is Cn1nc(-c2cc(Br)sc2Br)c(-c2ccccc2Br)c1N. The summed E-state index contributed by atoms with van der Waals surface area (Å²) >= 11 is 12.3. The van der Waals surface area contributed by atoms with Crippen LogP contribution in [-0.2, 0) is 7.05 Å². The minimum absolute atomic E-state index is 0.645. The zero-order valence-corrected chi connectivity index (χ0v) is 16.5. The topological polar surface area (TPSA) is 43.8 Å². The Bertz CT molecular complexity index is 823. The lowest BCUT2D eigenvalue weighted by molar-refractivity contribution is 0.782. The molecule has 3 rings (SSSR count). The third-order valence-electron chi connectivity index (χ3n) is 3.15. The lowest BCUT2D eigenvalue weighted by Gasteiger charge is -2.06. The van der Waals surface area contributed by atoms with Crippen molar-refractivity contribution in [3.63, 3.8) is 0 Å². The maximum atomic E-state index is 6.25. The van der Waals surface area contributed by atoms with E-state index in [1.54, 1.807) is 16.0 Å². The summed E-state index contributed by atoms with van der Waals surface area (Å²) in [6.45, 7) is 0. The number of hydrogen-bond donors (Lipinski definition) is 1. The Balaban J connectivity index is 2.31. The Hall–Kier alpha value is -0.630. The largest absolute Gasteiger partial charge is 0.383 e. The Morgan fingerprint density at radius 1 is 1.14 bits per heavy atom. The number of thiophene rings is 1. The molecule has 2 N–H and O–H groups in total. The van der Waals surface area contributed by atoms with Crippen LogP contribution in [0.3, 0.4) is 0 Å². The van der Waals surface area contributed by atoms with Crippen LogP contribution in [0.1, 0.15) is 0 Å². The second-order valence-corrected chi connectivity index (χ2v) is 9.05. The van der Waals surface area contributed by atoms with Gasteiger partial charge in [-0.25, -0.2) is 0 Å². The molecule has 2 aromatic heterocycles. The van der Waals surface area contributed by atoms with Crippen molar-refractivity contribution in [1.82, 2.24) is 9.78 Å². The molecule has 0 atom stereocenters. The quantitative estimate of drug-likeness (QED) is 0.500. The van der Waals surface area contributed by atoms with Crippen LogP contribution in [0.5, 0.6) is 0 Å². The summed E-state index contributed by atoms with van der Waals surface area (Å²) in [6, 6.07) is 10.1. The van der Waals surface area contributed by atoms with Gasteiger partial charge >= 0.3 is 0 Å². The number of nitrogens with zero attached hydrogens (tertiary/aromatic N) is 2. The van der Waals surface area contributed by atoms with E-state index >= 15 is 0 Å². The van der Waals surface area contributed by atoms with Crippen molar-refractivity contribution >= 4 is 64.9 Å². The summed E-state index contributed by atoms with van der Waals surface area (Å²) < 4.78 is 4.78. The van der Waals surface area contributed by atoms with Gasteiger partial charge in [0.2, 0.25) is 0 Å². The molecule has 1 aromatic carbocycles. The fourth-order valence-corrected chi connectivity index (χ4v) is 5.44. The Labute approximate surface area is 151 Å². The molecule has 0 aliphatic rings. The van der Waals surface area contributed by atoms with Crippen LogP contribution in [-0.4, -0.2) is 9.78 Å². The van der Waals surface area contributed by atoms with Crippen LogP contribution < -0.4 is 5.73 Å². The van der Waals surface area contributed by atoms with Gasteiger partial charge < -0.3 is 5.73 Å². The van der Waals surface area contributed by atoms with Crippen molar-refractivity contribution in [3.05, 3.63) is 42.4 Å². The molecule has 0 bridgehead atoms. The van der Waals surface area contributed by atoms with Crippen molar-refractivity contribution < 1.29 is 0 Å². The molecule has 0 radical (unpaired) electrons. The van der Waals surface area contributed by atoms with Crippen LogP contribution in [0.4, 0.5) is 5.82 Å². The molecule has 0 fully saturated rings. The van der Waals surface area contributed by atoms with Gasteiger partial charge in [0.1, 0.15) is 11.5 Å². The highest BCUT2D eigenvalue weighted by atomic mass is 79.9. The van der Waals surface area contributed by atoms with Gasteiger partial charge in [0.25, 0.3) is 0 Å². The molecule has 0 unspecified atom stereocenters. The Kier molecular flexibility index (Phi) is 4.27. The fourth-order valence-electron chi connectivity index (χ4n) is 2.16. The molecule has 0 amide bonds. The zero-order chi connectivity index (χ0) is 15.1. The maximum Gasteiger partial charge on any atom is 0.129 e. The number of nitrogens with two attached hydrogens (primary N) is 1. The highest BCUT2D eigenvalue weighted by Gasteiger charge is 2.21. The number of anilines is 1. The van der Waals surface area contributed by atoms with Gasteiger partial charge in [-0.2, -0.15) is 5.10 Å². The van der Waals surface area contributed by atoms with E-state index in [1.807, 2.05) is 31.3 Å². The summed E-state index contributed by atoms with van der Waals surface area (Å²) in [6.07, 6.45) is 0. The molecule has 108 valence electrons. The third kappa shape index (κ3) is 2.72. The summed E-state index contributed by atoms with van der Waals surface area (Å²) in [7, 11) is 1.86. The molecule has 21 heavy (non-hydrogen) atoms. The normalized spacial score (nSPS) is 11.0. The number of aromatic nitrogens is 2. The minimum Gasteiger partial charge on any atom is -0.383 e. The van der Waals surface area contributed by atoms with E-state index in [9.17, 15) is 0 Å². The summed E-state index contributed by atoms with van der Waals surface area (Å²) in [5, 5.41) is 4.60. The molecule has 0 spiro atoms. The average molecular weight is 492 g/mol. The molecular weight excluding hydrogens is 482 g/mol. The second kappa shape index (κ2) is 5.87. The molecule has 0 aliphatic carbocycles. The summed E-state index contributed by atoms with van der Waals surface area (Å²) in [4.78, 5) is 0. The molecule has 0 aliphatic heterocycles. The van der Waals surface area contributed by atoms with Crippen molar-refractivity contribution in [1.29, 1.82) is 0 Å². The van der Waals surface area contributed by atoms with E-state index in [-0.39, 0.29) is 0 Å². The van der Waals surface area contributed by atoms with Gasteiger partial charge in [0, 0.05) is 22.6 Å². The molecule has 2 heterocycles. The van der Waals surface area contributed by atoms with Gasteiger partial charge in [0.05, 0.1) is 13.1 Å². The summed E-state index contributed by atoms with van der Waals surface area (Å²) in [5.41, 5.74) is 10.1. The standard InChI is InChI=1S/C14H10Br3N3S/c1-20-14(18)11(7-4-2-3-5-9(7)15)12(19-20)8-6-10(16)21-13(8)17/h2-6H,18H2,1H3. The van der Waals surface area contributed by atoms with E-state index in [0.29, 0.717) is 5.82 Å². The molecule has 3 aromatic rings. The number of aryl methyl sites for hydroxylation is 1. The monoisotopic (exact) mass is 489 g/mol.